The normalized spacial score (nSPS) is 28.6. The van der Waals surface area contributed by atoms with Crippen LogP contribution >= 0.6 is 0 Å². The minimum Gasteiger partial charge on any atom is -0.468 e. The molecule has 1 aliphatic carbocycles. The fourth-order valence-electron chi connectivity index (χ4n) is 3.80. The molecular weight excluding hydrogens is 226 g/mol. The number of nitrogens with one attached hydrogen (secondary N) is 1. The largest absolute Gasteiger partial charge is 0.468 e. The monoisotopic (exact) mass is 249 g/mol. The van der Waals surface area contributed by atoms with Crippen molar-refractivity contribution >= 4 is 0 Å². The molecule has 2 atom stereocenters. The molecule has 2 aliphatic rings. The Morgan fingerprint density at radius 1 is 1.39 bits per heavy atom. The van der Waals surface area contributed by atoms with Crippen LogP contribution in [0, 0.1) is 5.92 Å². The van der Waals surface area contributed by atoms with Crippen LogP contribution in [-0.4, -0.2) is 19.3 Å². The Morgan fingerprint density at radius 3 is 2.89 bits per heavy atom. The summed E-state index contributed by atoms with van der Waals surface area (Å²) >= 11 is 0. The molecule has 18 heavy (non-hydrogen) atoms. The Labute approximate surface area is 109 Å². The third kappa shape index (κ3) is 2.21. The molecule has 1 saturated heterocycles. The molecule has 0 bridgehead atoms. The van der Waals surface area contributed by atoms with Gasteiger partial charge in [-0.25, -0.2) is 0 Å². The molecule has 2 fully saturated rings. The molecule has 1 spiro atoms. The summed E-state index contributed by atoms with van der Waals surface area (Å²) in [5.41, 5.74) is 0.185. The summed E-state index contributed by atoms with van der Waals surface area (Å²) in [5, 5.41) is 3.43. The van der Waals surface area contributed by atoms with Crippen LogP contribution in [0.3, 0.4) is 0 Å². The van der Waals surface area contributed by atoms with E-state index in [-0.39, 0.29) is 5.60 Å². The quantitative estimate of drug-likeness (QED) is 0.892. The minimum absolute atomic E-state index is 0.185. The van der Waals surface area contributed by atoms with Gasteiger partial charge >= 0.3 is 0 Å². The van der Waals surface area contributed by atoms with E-state index in [1.54, 1.807) is 6.26 Å². The first kappa shape index (κ1) is 12.2. The Balaban J connectivity index is 1.74. The Hall–Kier alpha value is -0.800. The van der Waals surface area contributed by atoms with E-state index in [1.165, 1.54) is 32.1 Å². The maximum Gasteiger partial charge on any atom is 0.120 e. The molecule has 2 unspecified atom stereocenters. The second-order valence-electron chi connectivity index (χ2n) is 5.77. The van der Waals surface area contributed by atoms with Crippen molar-refractivity contribution < 1.29 is 9.15 Å². The first-order valence-corrected chi connectivity index (χ1v) is 7.18. The number of ether oxygens (including phenoxy) is 1. The van der Waals surface area contributed by atoms with Crippen molar-refractivity contribution in [2.75, 3.05) is 13.7 Å². The van der Waals surface area contributed by atoms with Crippen LogP contribution in [-0.2, 0) is 4.74 Å². The van der Waals surface area contributed by atoms with E-state index in [0.717, 1.165) is 18.8 Å². The lowest BCUT2D eigenvalue weighted by atomic mass is 9.80. The molecule has 3 nitrogen and oxygen atoms in total. The number of rotatable bonds is 3. The van der Waals surface area contributed by atoms with Gasteiger partial charge in [0.05, 0.1) is 17.9 Å². The van der Waals surface area contributed by atoms with Gasteiger partial charge in [0.1, 0.15) is 5.76 Å². The maximum atomic E-state index is 6.11. The van der Waals surface area contributed by atoms with E-state index in [0.29, 0.717) is 12.0 Å². The highest BCUT2D eigenvalue weighted by atomic mass is 16.5. The van der Waals surface area contributed by atoms with Gasteiger partial charge in [-0.3, -0.25) is 0 Å². The maximum absolute atomic E-state index is 6.11. The van der Waals surface area contributed by atoms with Gasteiger partial charge in [-0.15, -0.1) is 0 Å². The number of hydrogen-bond acceptors (Lipinski definition) is 3. The topological polar surface area (TPSA) is 34.4 Å². The lowest BCUT2D eigenvalue weighted by Crippen LogP contribution is -2.41. The average Bonchev–Trinajstić information content (AvgIpc) is 3.03. The molecule has 1 N–H and O–H groups in total. The Morgan fingerprint density at radius 2 is 2.22 bits per heavy atom. The van der Waals surface area contributed by atoms with Crippen molar-refractivity contribution in [2.45, 2.75) is 50.2 Å². The summed E-state index contributed by atoms with van der Waals surface area (Å²) in [6.45, 7) is 0.906. The predicted octanol–water partition coefficient (Wildman–Crippen LogP) is 3.28. The van der Waals surface area contributed by atoms with E-state index in [9.17, 15) is 0 Å². The molecule has 100 valence electrons. The molecule has 0 amide bonds. The van der Waals surface area contributed by atoms with E-state index in [1.807, 2.05) is 13.1 Å². The van der Waals surface area contributed by atoms with Gasteiger partial charge in [-0.05, 0) is 50.8 Å². The van der Waals surface area contributed by atoms with Crippen LogP contribution in [0.2, 0.25) is 0 Å². The van der Waals surface area contributed by atoms with Gasteiger partial charge in [-0.1, -0.05) is 12.8 Å². The smallest absolute Gasteiger partial charge is 0.120 e. The molecule has 3 rings (SSSR count). The molecular formula is C15H23NO2. The minimum atomic E-state index is 0.185. The first-order valence-electron chi connectivity index (χ1n) is 7.18. The SMILES string of the molecule is CNC(c1ccco1)C1CCOC2(CCCC2)C1. The summed E-state index contributed by atoms with van der Waals surface area (Å²) in [4.78, 5) is 0. The predicted molar refractivity (Wildman–Crippen MR) is 70.4 cm³/mol. The third-order valence-corrected chi connectivity index (χ3v) is 4.68. The van der Waals surface area contributed by atoms with Crippen LogP contribution in [0.15, 0.2) is 22.8 Å². The van der Waals surface area contributed by atoms with E-state index in [2.05, 4.69) is 11.4 Å². The highest BCUT2D eigenvalue weighted by Crippen LogP contribution is 2.45. The van der Waals surface area contributed by atoms with Crippen LogP contribution in [0.5, 0.6) is 0 Å². The van der Waals surface area contributed by atoms with E-state index < -0.39 is 0 Å². The van der Waals surface area contributed by atoms with Gasteiger partial charge in [0, 0.05) is 6.61 Å². The van der Waals surface area contributed by atoms with Crippen LogP contribution < -0.4 is 5.32 Å². The lowest BCUT2D eigenvalue weighted by Gasteiger charge is -2.40. The van der Waals surface area contributed by atoms with Crippen LogP contribution in [0.1, 0.15) is 50.3 Å². The molecule has 1 aromatic rings. The molecule has 3 heteroatoms. The molecule has 1 aliphatic heterocycles. The van der Waals surface area contributed by atoms with Gasteiger partial charge < -0.3 is 14.5 Å². The van der Waals surface area contributed by atoms with Crippen LogP contribution in [0.25, 0.3) is 0 Å². The highest BCUT2D eigenvalue weighted by molar-refractivity contribution is 5.07. The van der Waals surface area contributed by atoms with Gasteiger partial charge in [0.15, 0.2) is 0 Å². The summed E-state index contributed by atoms with van der Waals surface area (Å²) in [7, 11) is 2.03. The van der Waals surface area contributed by atoms with Crippen LogP contribution in [0.4, 0.5) is 0 Å². The molecule has 1 aromatic heterocycles. The van der Waals surface area contributed by atoms with E-state index >= 15 is 0 Å². The zero-order chi connectivity index (χ0) is 12.4. The van der Waals surface area contributed by atoms with E-state index in [4.69, 9.17) is 9.15 Å². The van der Waals surface area contributed by atoms with Gasteiger partial charge in [0.25, 0.3) is 0 Å². The zero-order valence-corrected chi connectivity index (χ0v) is 11.2. The highest BCUT2D eigenvalue weighted by Gasteiger charge is 2.42. The molecule has 1 saturated carbocycles. The molecule has 0 aromatic carbocycles. The standard InChI is InChI=1S/C15H23NO2/c1-16-14(13-5-4-9-17-13)12-6-10-18-15(11-12)7-2-3-8-15/h4-5,9,12,14,16H,2-3,6-8,10-11H2,1H3. The fraction of sp³-hybridized carbons (Fsp3) is 0.733. The third-order valence-electron chi connectivity index (χ3n) is 4.68. The van der Waals surface area contributed by atoms with Crippen molar-refractivity contribution in [3.05, 3.63) is 24.2 Å². The summed E-state index contributed by atoms with van der Waals surface area (Å²) in [5.74, 6) is 1.70. The van der Waals surface area contributed by atoms with Crippen molar-refractivity contribution in [1.82, 2.24) is 5.32 Å². The van der Waals surface area contributed by atoms with Gasteiger partial charge in [-0.2, -0.15) is 0 Å². The van der Waals surface area contributed by atoms with Crippen molar-refractivity contribution in [1.29, 1.82) is 0 Å². The number of hydrogen-bond donors (Lipinski definition) is 1. The van der Waals surface area contributed by atoms with Crippen molar-refractivity contribution in [3.63, 3.8) is 0 Å². The van der Waals surface area contributed by atoms with Crippen molar-refractivity contribution in [2.24, 2.45) is 5.92 Å². The fourth-order valence-corrected chi connectivity index (χ4v) is 3.80. The second kappa shape index (κ2) is 5.06. The molecule has 2 heterocycles. The Kier molecular flexibility index (Phi) is 3.44. The first-order chi connectivity index (χ1) is 8.83. The average molecular weight is 249 g/mol. The zero-order valence-electron chi connectivity index (χ0n) is 11.2. The Bertz CT molecular complexity index is 368. The second-order valence-corrected chi connectivity index (χ2v) is 5.77. The summed E-state index contributed by atoms with van der Waals surface area (Å²) in [6, 6.07) is 4.39. The summed E-state index contributed by atoms with van der Waals surface area (Å²) < 4.78 is 11.7. The summed E-state index contributed by atoms with van der Waals surface area (Å²) in [6.07, 6.45) is 9.24. The van der Waals surface area contributed by atoms with Gasteiger partial charge in [0.2, 0.25) is 0 Å². The number of furan rings is 1. The lowest BCUT2D eigenvalue weighted by molar-refractivity contribution is -0.0987. The molecule has 0 radical (unpaired) electrons. The van der Waals surface area contributed by atoms with Crippen molar-refractivity contribution in [3.8, 4) is 0 Å².